The third-order valence-electron chi connectivity index (χ3n) is 2.98. The standard InChI is InChI=1S/C18H20N2O/c1-14(2)21-18-8-4-7-17(10-18)13-20-12-16-6-3-5-15(9-16)11-19/h3-10,14,20H,12-13H2,1-2H3. The second-order valence-electron chi connectivity index (χ2n) is 5.23. The molecule has 0 saturated heterocycles. The van der Waals surface area contributed by atoms with Crippen LogP contribution in [0.2, 0.25) is 0 Å². The maximum atomic E-state index is 8.88. The minimum absolute atomic E-state index is 0.182. The lowest BCUT2D eigenvalue weighted by Crippen LogP contribution is -2.13. The monoisotopic (exact) mass is 280 g/mol. The molecule has 0 saturated carbocycles. The van der Waals surface area contributed by atoms with Gasteiger partial charge in [0.25, 0.3) is 0 Å². The van der Waals surface area contributed by atoms with Gasteiger partial charge in [-0.1, -0.05) is 24.3 Å². The van der Waals surface area contributed by atoms with Crippen molar-refractivity contribution >= 4 is 0 Å². The van der Waals surface area contributed by atoms with Gasteiger partial charge in [-0.05, 0) is 49.2 Å². The Morgan fingerprint density at radius 3 is 2.38 bits per heavy atom. The summed E-state index contributed by atoms with van der Waals surface area (Å²) in [7, 11) is 0. The highest BCUT2D eigenvalue weighted by Gasteiger charge is 2.00. The van der Waals surface area contributed by atoms with Gasteiger partial charge in [-0.2, -0.15) is 5.26 Å². The Hall–Kier alpha value is -2.31. The van der Waals surface area contributed by atoms with Crippen LogP contribution in [0.25, 0.3) is 0 Å². The molecule has 0 radical (unpaired) electrons. The van der Waals surface area contributed by atoms with E-state index in [1.54, 1.807) is 0 Å². The average Bonchev–Trinajstić information content (AvgIpc) is 2.47. The third-order valence-corrected chi connectivity index (χ3v) is 2.98. The summed E-state index contributed by atoms with van der Waals surface area (Å²) in [6, 6.07) is 17.9. The molecule has 0 heterocycles. The fourth-order valence-corrected chi connectivity index (χ4v) is 2.10. The van der Waals surface area contributed by atoms with Gasteiger partial charge >= 0.3 is 0 Å². The minimum atomic E-state index is 0.182. The molecule has 0 atom stereocenters. The normalized spacial score (nSPS) is 10.4. The number of nitrogens with zero attached hydrogens (tertiary/aromatic N) is 1. The number of hydrogen-bond donors (Lipinski definition) is 1. The largest absolute Gasteiger partial charge is 0.491 e. The van der Waals surface area contributed by atoms with Gasteiger partial charge in [0, 0.05) is 13.1 Å². The number of benzene rings is 2. The molecule has 3 heteroatoms. The van der Waals surface area contributed by atoms with E-state index in [2.05, 4.69) is 23.5 Å². The van der Waals surface area contributed by atoms with Crippen LogP contribution in [0.1, 0.15) is 30.5 Å². The second-order valence-corrected chi connectivity index (χ2v) is 5.23. The SMILES string of the molecule is CC(C)Oc1cccc(CNCc2cccc(C#N)c2)c1. The first-order valence-corrected chi connectivity index (χ1v) is 7.13. The number of hydrogen-bond acceptors (Lipinski definition) is 3. The summed E-state index contributed by atoms with van der Waals surface area (Å²) in [5.41, 5.74) is 3.00. The number of ether oxygens (including phenoxy) is 1. The smallest absolute Gasteiger partial charge is 0.120 e. The van der Waals surface area contributed by atoms with E-state index in [4.69, 9.17) is 10.00 Å². The highest BCUT2D eigenvalue weighted by Crippen LogP contribution is 2.15. The van der Waals surface area contributed by atoms with Crippen molar-refractivity contribution in [3.8, 4) is 11.8 Å². The quantitative estimate of drug-likeness (QED) is 0.878. The molecule has 0 aliphatic heterocycles. The topological polar surface area (TPSA) is 45.0 Å². The zero-order chi connectivity index (χ0) is 15.1. The molecule has 0 amide bonds. The lowest BCUT2D eigenvalue weighted by atomic mass is 10.1. The van der Waals surface area contributed by atoms with E-state index in [9.17, 15) is 0 Å². The fraction of sp³-hybridized carbons (Fsp3) is 0.278. The van der Waals surface area contributed by atoms with Crippen molar-refractivity contribution in [2.24, 2.45) is 0 Å². The van der Waals surface area contributed by atoms with Crippen LogP contribution in [0.5, 0.6) is 5.75 Å². The van der Waals surface area contributed by atoms with Crippen molar-refractivity contribution in [1.82, 2.24) is 5.32 Å². The van der Waals surface area contributed by atoms with E-state index in [0.717, 1.165) is 24.4 Å². The van der Waals surface area contributed by atoms with Gasteiger partial charge in [0.05, 0.1) is 17.7 Å². The summed E-state index contributed by atoms with van der Waals surface area (Å²) in [5.74, 6) is 0.899. The molecule has 0 fully saturated rings. The molecular formula is C18H20N2O. The highest BCUT2D eigenvalue weighted by molar-refractivity contribution is 5.33. The van der Waals surface area contributed by atoms with E-state index < -0.39 is 0 Å². The predicted octanol–water partition coefficient (Wildman–Crippen LogP) is 3.64. The molecule has 0 spiro atoms. The van der Waals surface area contributed by atoms with Gasteiger partial charge in [-0.25, -0.2) is 0 Å². The highest BCUT2D eigenvalue weighted by atomic mass is 16.5. The molecule has 2 rings (SSSR count). The van der Waals surface area contributed by atoms with E-state index in [1.165, 1.54) is 5.56 Å². The molecule has 3 nitrogen and oxygen atoms in total. The van der Waals surface area contributed by atoms with Gasteiger partial charge in [-0.3, -0.25) is 0 Å². The molecule has 0 bridgehead atoms. The Labute approximate surface area is 126 Å². The number of nitriles is 1. The molecule has 108 valence electrons. The van der Waals surface area contributed by atoms with Crippen LogP contribution in [0.3, 0.4) is 0 Å². The van der Waals surface area contributed by atoms with Crippen molar-refractivity contribution < 1.29 is 4.74 Å². The van der Waals surface area contributed by atoms with Crippen LogP contribution >= 0.6 is 0 Å². The van der Waals surface area contributed by atoms with Gasteiger partial charge in [0.1, 0.15) is 5.75 Å². The number of nitrogens with one attached hydrogen (secondary N) is 1. The van der Waals surface area contributed by atoms with Crippen molar-refractivity contribution in [3.63, 3.8) is 0 Å². The Bertz CT molecular complexity index is 629. The van der Waals surface area contributed by atoms with Crippen LogP contribution in [0.4, 0.5) is 0 Å². The summed E-state index contributed by atoms with van der Waals surface area (Å²) in [5, 5.41) is 12.3. The Morgan fingerprint density at radius 2 is 1.71 bits per heavy atom. The van der Waals surface area contributed by atoms with Crippen LogP contribution in [-0.2, 0) is 13.1 Å². The third kappa shape index (κ3) is 4.94. The van der Waals surface area contributed by atoms with Gasteiger partial charge < -0.3 is 10.1 Å². The molecule has 2 aromatic carbocycles. The lowest BCUT2D eigenvalue weighted by molar-refractivity contribution is 0.242. The van der Waals surface area contributed by atoms with Crippen molar-refractivity contribution in [2.45, 2.75) is 33.0 Å². The van der Waals surface area contributed by atoms with E-state index in [1.807, 2.05) is 50.2 Å². The summed E-state index contributed by atoms with van der Waals surface area (Å²) < 4.78 is 5.69. The van der Waals surface area contributed by atoms with Crippen LogP contribution in [0.15, 0.2) is 48.5 Å². The summed E-state index contributed by atoms with van der Waals surface area (Å²) in [4.78, 5) is 0. The summed E-state index contributed by atoms with van der Waals surface area (Å²) in [6.45, 7) is 5.55. The van der Waals surface area contributed by atoms with Crippen molar-refractivity contribution in [2.75, 3.05) is 0 Å². The molecule has 21 heavy (non-hydrogen) atoms. The van der Waals surface area contributed by atoms with E-state index >= 15 is 0 Å². The average molecular weight is 280 g/mol. The molecule has 2 aromatic rings. The van der Waals surface area contributed by atoms with E-state index in [0.29, 0.717) is 5.56 Å². The Morgan fingerprint density at radius 1 is 1.05 bits per heavy atom. The molecule has 0 aliphatic carbocycles. The maximum Gasteiger partial charge on any atom is 0.120 e. The fourth-order valence-electron chi connectivity index (χ4n) is 2.10. The first kappa shape index (κ1) is 15.1. The summed E-state index contributed by atoms with van der Waals surface area (Å²) in [6.07, 6.45) is 0.182. The van der Waals surface area contributed by atoms with Crippen molar-refractivity contribution in [3.05, 3.63) is 65.2 Å². The molecule has 0 unspecified atom stereocenters. The Balaban J connectivity index is 1.89. The molecule has 1 N–H and O–H groups in total. The van der Waals surface area contributed by atoms with Gasteiger partial charge in [-0.15, -0.1) is 0 Å². The second kappa shape index (κ2) is 7.47. The zero-order valence-electron chi connectivity index (χ0n) is 12.5. The Kier molecular flexibility index (Phi) is 5.36. The molecule has 0 aliphatic rings. The number of rotatable bonds is 6. The van der Waals surface area contributed by atoms with Crippen molar-refractivity contribution in [1.29, 1.82) is 5.26 Å². The van der Waals surface area contributed by atoms with Crippen LogP contribution in [-0.4, -0.2) is 6.10 Å². The maximum absolute atomic E-state index is 8.88. The first-order valence-electron chi connectivity index (χ1n) is 7.13. The van der Waals surface area contributed by atoms with Crippen LogP contribution in [0, 0.1) is 11.3 Å². The molecule has 0 aromatic heterocycles. The van der Waals surface area contributed by atoms with Crippen LogP contribution < -0.4 is 10.1 Å². The van der Waals surface area contributed by atoms with Gasteiger partial charge in [0.2, 0.25) is 0 Å². The first-order chi connectivity index (χ1) is 10.2. The molecular weight excluding hydrogens is 260 g/mol. The van der Waals surface area contributed by atoms with E-state index in [-0.39, 0.29) is 6.10 Å². The summed E-state index contributed by atoms with van der Waals surface area (Å²) >= 11 is 0. The zero-order valence-corrected chi connectivity index (χ0v) is 12.5. The predicted molar refractivity (Wildman–Crippen MR) is 83.9 cm³/mol. The van der Waals surface area contributed by atoms with Gasteiger partial charge in [0.15, 0.2) is 0 Å². The minimum Gasteiger partial charge on any atom is -0.491 e. The lowest BCUT2D eigenvalue weighted by Gasteiger charge is -2.11.